The molecule has 0 aromatic carbocycles. The lowest BCUT2D eigenvalue weighted by Crippen LogP contribution is -2.40. The molecule has 0 atom stereocenters. The third-order valence-electron chi connectivity index (χ3n) is 2.28. The lowest BCUT2D eigenvalue weighted by Gasteiger charge is -2.20. The van der Waals surface area contributed by atoms with Gasteiger partial charge in [0.05, 0.1) is 0 Å². The minimum absolute atomic E-state index is 0.236. The third kappa shape index (κ3) is 3.21. The number of likely N-dealkylation sites (N-methyl/N-ethyl adjacent to an activating group) is 1. The molecule has 14 heavy (non-hydrogen) atoms. The van der Waals surface area contributed by atoms with Crippen molar-refractivity contribution < 1.29 is 0 Å². The highest BCUT2D eigenvalue weighted by atomic mass is 15.3. The topological polar surface area (TPSA) is 94.7 Å². The molecule has 0 bridgehead atoms. The first-order chi connectivity index (χ1) is 6.59. The quantitative estimate of drug-likeness (QED) is 0.338. The number of aliphatic imine (C=N–C) groups is 1. The summed E-state index contributed by atoms with van der Waals surface area (Å²) in [6, 6.07) is 0. The summed E-state index contributed by atoms with van der Waals surface area (Å²) in [5.41, 5.74) is 10.8. The molecule has 0 saturated carbocycles. The molecule has 1 heterocycles. The number of nitrogens with two attached hydrogens (primary N) is 2. The van der Waals surface area contributed by atoms with Crippen LogP contribution in [0.4, 0.5) is 0 Å². The zero-order valence-electron chi connectivity index (χ0n) is 8.53. The first-order valence-electron chi connectivity index (χ1n) is 4.71. The number of nitrogens with zero attached hydrogens (tertiary/aromatic N) is 3. The lowest BCUT2D eigenvalue weighted by molar-refractivity contribution is 0.345. The fraction of sp³-hybridized carbons (Fsp3) is 0.750. The molecule has 1 saturated heterocycles. The molecule has 0 amide bonds. The number of rotatable bonds is 0. The fourth-order valence-electron chi connectivity index (χ4n) is 1.47. The summed E-state index contributed by atoms with van der Waals surface area (Å²) in [5, 5.41) is 7.01. The molecular weight excluding hydrogens is 180 g/mol. The molecule has 6 heteroatoms. The Hall–Kier alpha value is -1.30. The summed E-state index contributed by atoms with van der Waals surface area (Å²) >= 11 is 0. The Labute approximate surface area is 84.1 Å². The average Bonchev–Trinajstić information content (AvgIpc) is 2.28. The third-order valence-corrected chi connectivity index (χ3v) is 2.28. The second kappa shape index (κ2) is 4.80. The number of nitrogens with one attached hydrogen (secondary N) is 1. The summed E-state index contributed by atoms with van der Waals surface area (Å²) in [6.07, 6.45) is 1.06. The van der Waals surface area contributed by atoms with Crippen LogP contribution in [0.25, 0.3) is 0 Å². The van der Waals surface area contributed by atoms with Gasteiger partial charge in [0, 0.05) is 19.6 Å². The predicted octanol–water partition coefficient (Wildman–Crippen LogP) is -1.17. The van der Waals surface area contributed by atoms with Crippen LogP contribution in [-0.2, 0) is 0 Å². The molecule has 0 spiro atoms. The van der Waals surface area contributed by atoms with Gasteiger partial charge >= 0.3 is 0 Å². The van der Waals surface area contributed by atoms with Gasteiger partial charge in [0.25, 0.3) is 0 Å². The van der Waals surface area contributed by atoms with Crippen LogP contribution >= 0.6 is 0 Å². The Morgan fingerprint density at radius 2 is 1.93 bits per heavy atom. The number of guanidine groups is 2. The summed E-state index contributed by atoms with van der Waals surface area (Å²) < 4.78 is 0. The molecule has 0 aromatic rings. The van der Waals surface area contributed by atoms with Crippen molar-refractivity contribution in [2.24, 2.45) is 16.5 Å². The van der Waals surface area contributed by atoms with E-state index in [0.29, 0.717) is 5.96 Å². The number of hydrogen-bond donors (Lipinski definition) is 3. The second-order valence-corrected chi connectivity index (χ2v) is 3.50. The molecule has 1 aliphatic heterocycles. The summed E-state index contributed by atoms with van der Waals surface area (Å²) in [4.78, 5) is 7.94. The van der Waals surface area contributed by atoms with Crippen LogP contribution in [0.2, 0.25) is 0 Å². The molecular formula is C8H18N6. The molecule has 0 aliphatic carbocycles. The maximum atomic E-state index is 7.01. The second-order valence-electron chi connectivity index (χ2n) is 3.50. The van der Waals surface area contributed by atoms with Crippen LogP contribution in [0.5, 0.6) is 0 Å². The van der Waals surface area contributed by atoms with E-state index in [9.17, 15) is 0 Å². The van der Waals surface area contributed by atoms with Crippen LogP contribution in [0, 0.1) is 5.41 Å². The minimum atomic E-state index is -0.236. The molecule has 0 aromatic heterocycles. The van der Waals surface area contributed by atoms with Crippen molar-refractivity contribution in [1.82, 2.24) is 9.80 Å². The van der Waals surface area contributed by atoms with Crippen molar-refractivity contribution >= 4 is 11.9 Å². The Bertz CT molecular complexity index is 236. The fourth-order valence-corrected chi connectivity index (χ4v) is 1.47. The SMILES string of the molecule is CN1CCCN(/C(N)=N/C(=N)N)CC1. The van der Waals surface area contributed by atoms with E-state index in [1.165, 1.54) is 0 Å². The summed E-state index contributed by atoms with van der Waals surface area (Å²) in [7, 11) is 2.09. The van der Waals surface area contributed by atoms with E-state index in [2.05, 4.69) is 16.9 Å². The van der Waals surface area contributed by atoms with Crippen molar-refractivity contribution in [1.29, 1.82) is 5.41 Å². The lowest BCUT2D eigenvalue weighted by atomic mass is 10.4. The maximum Gasteiger partial charge on any atom is 0.215 e. The highest BCUT2D eigenvalue weighted by Gasteiger charge is 2.13. The Kier molecular flexibility index (Phi) is 3.70. The van der Waals surface area contributed by atoms with Gasteiger partial charge in [-0.1, -0.05) is 0 Å². The van der Waals surface area contributed by atoms with Crippen molar-refractivity contribution in [3.05, 3.63) is 0 Å². The summed E-state index contributed by atoms with van der Waals surface area (Å²) in [6.45, 7) is 3.77. The molecule has 6 nitrogen and oxygen atoms in total. The van der Waals surface area contributed by atoms with Gasteiger partial charge in [0.2, 0.25) is 5.96 Å². The largest absolute Gasteiger partial charge is 0.369 e. The van der Waals surface area contributed by atoms with E-state index in [4.69, 9.17) is 16.9 Å². The minimum Gasteiger partial charge on any atom is -0.369 e. The van der Waals surface area contributed by atoms with Gasteiger partial charge in [-0.25, -0.2) is 0 Å². The van der Waals surface area contributed by atoms with Gasteiger partial charge in [-0.15, -0.1) is 0 Å². The first-order valence-corrected chi connectivity index (χ1v) is 4.71. The highest BCUT2D eigenvalue weighted by molar-refractivity contribution is 5.91. The first kappa shape index (κ1) is 10.8. The van der Waals surface area contributed by atoms with Crippen molar-refractivity contribution in [2.45, 2.75) is 6.42 Å². The molecule has 0 radical (unpaired) electrons. The Morgan fingerprint density at radius 1 is 1.21 bits per heavy atom. The summed E-state index contributed by atoms with van der Waals surface area (Å²) in [5.74, 6) is 0.118. The van der Waals surface area contributed by atoms with Gasteiger partial charge in [-0.05, 0) is 20.0 Å². The van der Waals surface area contributed by atoms with Gasteiger partial charge in [0.1, 0.15) is 0 Å². The van der Waals surface area contributed by atoms with E-state index in [1.807, 2.05) is 4.90 Å². The Morgan fingerprint density at radius 3 is 2.57 bits per heavy atom. The molecule has 0 unspecified atom stereocenters. The molecule has 1 aliphatic rings. The zero-order valence-corrected chi connectivity index (χ0v) is 8.53. The van der Waals surface area contributed by atoms with E-state index < -0.39 is 0 Å². The van der Waals surface area contributed by atoms with Crippen LogP contribution < -0.4 is 11.5 Å². The van der Waals surface area contributed by atoms with Crippen LogP contribution in [0.15, 0.2) is 4.99 Å². The maximum absolute atomic E-state index is 7.01. The van der Waals surface area contributed by atoms with Crippen LogP contribution in [0.1, 0.15) is 6.42 Å². The molecule has 5 N–H and O–H groups in total. The molecule has 1 fully saturated rings. The average molecular weight is 198 g/mol. The van der Waals surface area contributed by atoms with Crippen molar-refractivity contribution in [3.63, 3.8) is 0 Å². The molecule has 80 valence electrons. The van der Waals surface area contributed by atoms with E-state index in [-0.39, 0.29) is 5.96 Å². The number of hydrogen-bond acceptors (Lipinski definition) is 2. The van der Waals surface area contributed by atoms with Crippen LogP contribution in [-0.4, -0.2) is 54.9 Å². The van der Waals surface area contributed by atoms with Gasteiger partial charge < -0.3 is 21.3 Å². The van der Waals surface area contributed by atoms with E-state index in [0.717, 1.165) is 32.6 Å². The zero-order chi connectivity index (χ0) is 10.6. The van der Waals surface area contributed by atoms with Gasteiger partial charge in [0.15, 0.2) is 5.96 Å². The highest BCUT2D eigenvalue weighted by Crippen LogP contribution is 2.00. The Balaban J connectivity index is 2.55. The van der Waals surface area contributed by atoms with E-state index >= 15 is 0 Å². The van der Waals surface area contributed by atoms with Crippen molar-refractivity contribution in [3.8, 4) is 0 Å². The van der Waals surface area contributed by atoms with Gasteiger partial charge in [-0.2, -0.15) is 4.99 Å². The van der Waals surface area contributed by atoms with Gasteiger partial charge in [-0.3, -0.25) is 5.41 Å². The molecule has 1 rings (SSSR count). The smallest absolute Gasteiger partial charge is 0.215 e. The normalized spacial score (nSPS) is 20.6. The van der Waals surface area contributed by atoms with Crippen molar-refractivity contribution in [2.75, 3.05) is 33.2 Å². The standard InChI is InChI=1S/C8H18N6/c1-13-3-2-4-14(6-5-13)8(11)12-7(9)10/h2-6H2,1H3,(H5,9,10,11,12). The van der Waals surface area contributed by atoms with E-state index in [1.54, 1.807) is 0 Å². The van der Waals surface area contributed by atoms with Crippen LogP contribution in [0.3, 0.4) is 0 Å². The predicted molar refractivity (Wildman–Crippen MR) is 57.2 cm³/mol. The monoisotopic (exact) mass is 198 g/mol.